The Bertz CT molecular complexity index is 1260. The summed E-state index contributed by atoms with van der Waals surface area (Å²) in [4.78, 5) is 0. The van der Waals surface area contributed by atoms with E-state index in [0.717, 1.165) is 11.4 Å². The molecular weight excluding hydrogens is 478 g/mol. The zero-order valence-corrected chi connectivity index (χ0v) is 20.4. The van der Waals surface area contributed by atoms with E-state index in [1.54, 1.807) is 39.5 Å². The molecule has 4 rings (SSSR count). The highest BCUT2D eigenvalue weighted by molar-refractivity contribution is 7.98. The molecule has 0 aliphatic heterocycles. The van der Waals surface area contributed by atoms with Crippen LogP contribution in [0.2, 0.25) is 5.02 Å². The number of methoxy groups -OCH3 is 3. The summed E-state index contributed by atoms with van der Waals surface area (Å²) in [5.74, 6) is 3.40. The van der Waals surface area contributed by atoms with Crippen LogP contribution in [-0.2, 0) is 12.3 Å². The van der Waals surface area contributed by atoms with Crippen LogP contribution in [0.1, 0.15) is 5.89 Å². The van der Waals surface area contributed by atoms with Gasteiger partial charge in [0, 0.05) is 22.7 Å². The van der Waals surface area contributed by atoms with Crippen molar-refractivity contribution in [2.75, 3.05) is 21.3 Å². The first-order chi connectivity index (χ1) is 16.6. The number of halogens is 1. The van der Waals surface area contributed by atoms with Gasteiger partial charge in [0.2, 0.25) is 17.5 Å². The fourth-order valence-corrected chi connectivity index (χ4v) is 4.17. The van der Waals surface area contributed by atoms with Gasteiger partial charge in [-0.15, -0.1) is 27.0 Å². The molecule has 34 heavy (non-hydrogen) atoms. The van der Waals surface area contributed by atoms with Crippen molar-refractivity contribution in [3.8, 4) is 40.1 Å². The lowest BCUT2D eigenvalue weighted by molar-refractivity contribution is 0.324. The van der Waals surface area contributed by atoms with Crippen molar-refractivity contribution in [2.45, 2.75) is 17.5 Å². The van der Waals surface area contributed by atoms with Gasteiger partial charge in [-0.25, -0.2) is 0 Å². The van der Waals surface area contributed by atoms with E-state index in [1.807, 2.05) is 28.8 Å². The third-order valence-electron chi connectivity index (χ3n) is 4.83. The summed E-state index contributed by atoms with van der Waals surface area (Å²) in [5, 5.41) is 18.4. The van der Waals surface area contributed by atoms with Gasteiger partial charge >= 0.3 is 0 Å². The number of ether oxygens (including phenoxy) is 3. The summed E-state index contributed by atoms with van der Waals surface area (Å²) in [6.07, 6.45) is 1.79. The lowest BCUT2D eigenvalue weighted by Gasteiger charge is -2.12. The van der Waals surface area contributed by atoms with E-state index in [4.69, 9.17) is 30.2 Å². The molecule has 0 aliphatic rings. The highest BCUT2D eigenvalue weighted by Gasteiger charge is 2.19. The van der Waals surface area contributed by atoms with Crippen LogP contribution >= 0.6 is 23.4 Å². The first-order valence-electron chi connectivity index (χ1n) is 10.1. The molecule has 9 nitrogen and oxygen atoms in total. The molecule has 0 radical (unpaired) electrons. The van der Waals surface area contributed by atoms with Crippen LogP contribution in [0, 0.1) is 0 Å². The van der Waals surface area contributed by atoms with Crippen LogP contribution in [0.25, 0.3) is 22.8 Å². The van der Waals surface area contributed by atoms with Gasteiger partial charge in [0.05, 0.1) is 27.1 Å². The maximum atomic E-state index is 6.01. The molecule has 176 valence electrons. The van der Waals surface area contributed by atoms with Gasteiger partial charge in [0.25, 0.3) is 0 Å². The summed E-state index contributed by atoms with van der Waals surface area (Å²) >= 11 is 7.45. The molecule has 0 atom stereocenters. The molecule has 4 aromatic rings. The summed E-state index contributed by atoms with van der Waals surface area (Å²) in [7, 11) is 4.65. The van der Waals surface area contributed by atoms with Crippen molar-refractivity contribution in [3.05, 3.63) is 60.0 Å². The Labute approximate surface area is 205 Å². The smallest absolute Gasteiger partial charge is 0.248 e. The second-order valence-corrected chi connectivity index (χ2v) is 8.29. The van der Waals surface area contributed by atoms with Crippen LogP contribution in [-0.4, -0.2) is 46.3 Å². The molecule has 0 fully saturated rings. The van der Waals surface area contributed by atoms with Crippen LogP contribution in [0.3, 0.4) is 0 Å². The van der Waals surface area contributed by atoms with Crippen LogP contribution in [0.4, 0.5) is 0 Å². The molecular formula is C23H22ClN5O4S. The van der Waals surface area contributed by atoms with Gasteiger partial charge in [0.15, 0.2) is 22.5 Å². The molecule has 11 heteroatoms. The second-order valence-electron chi connectivity index (χ2n) is 6.92. The van der Waals surface area contributed by atoms with E-state index in [9.17, 15) is 0 Å². The third kappa shape index (κ3) is 4.87. The predicted octanol–water partition coefficient (Wildman–Crippen LogP) is 5.15. The van der Waals surface area contributed by atoms with E-state index in [2.05, 4.69) is 27.0 Å². The second kappa shape index (κ2) is 10.6. The Morgan fingerprint density at radius 2 is 1.68 bits per heavy atom. The van der Waals surface area contributed by atoms with Gasteiger partial charge in [-0.1, -0.05) is 29.4 Å². The number of hydrogen-bond acceptors (Lipinski definition) is 9. The minimum atomic E-state index is 0.337. The van der Waals surface area contributed by atoms with E-state index in [0.29, 0.717) is 57.1 Å². The van der Waals surface area contributed by atoms with Gasteiger partial charge in [-0.3, -0.25) is 4.57 Å². The predicted molar refractivity (Wildman–Crippen MR) is 130 cm³/mol. The van der Waals surface area contributed by atoms with E-state index in [1.165, 1.54) is 11.8 Å². The number of thioether (sulfide) groups is 1. The van der Waals surface area contributed by atoms with Crippen LogP contribution in [0.15, 0.2) is 58.6 Å². The number of hydrogen-bond donors (Lipinski definition) is 0. The molecule has 0 bridgehead atoms. The molecule has 0 amide bonds. The van der Waals surface area contributed by atoms with E-state index >= 15 is 0 Å². The van der Waals surface area contributed by atoms with E-state index in [-0.39, 0.29) is 0 Å². The van der Waals surface area contributed by atoms with Gasteiger partial charge < -0.3 is 18.6 Å². The number of benzene rings is 2. The quantitative estimate of drug-likeness (QED) is 0.216. The Hall–Kier alpha value is -3.50. The maximum Gasteiger partial charge on any atom is 0.248 e. The fourth-order valence-electron chi connectivity index (χ4n) is 3.26. The molecule has 2 heterocycles. The highest BCUT2D eigenvalue weighted by atomic mass is 35.5. The largest absolute Gasteiger partial charge is 0.493 e. The van der Waals surface area contributed by atoms with Crippen molar-refractivity contribution in [1.29, 1.82) is 0 Å². The highest BCUT2D eigenvalue weighted by Crippen LogP contribution is 2.41. The molecule has 0 saturated heterocycles. The summed E-state index contributed by atoms with van der Waals surface area (Å²) in [6, 6.07) is 11.0. The van der Waals surface area contributed by atoms with E-state index < -0.39 is 0 Å². The summed E-state index contributed by atoms with van der Waals surface area (Å²) in [6.45, 7) is 4.39. The lowest BCUT2D eigenvalue weighted by atomic mass is 10.2. The standard InChI is InChI=1S/C23H22ClN5O4S/c1-5-10-29-21(14-6-8-16(24)9-7-14)26-28-23(29)34-13-19-25-27-22(33-19)15-11-17(30-2)20(32-4)18(12-15)31-3/h5-9,11-12H,1,10,13H2,2-4H3. The molecule has 2 aromatic heterocycles. The number of rotatable bonds is 10. The summed E-state index contributed by atoms with van der Waals surface area (Å²) < 4.78 is 24.0. The molecule has 0 saturated carbocycles. The van der Waals surface area contributed by atoms with Gasteiger partial charge in [-0.05, 0) is 36.4 Å². The first kappa shape index (κ1) is 23.7. The number of aromatic nitrogens is 5. The van der Waals surface area contributed by atoms with Crippen LogP contribution in [0.5, 0.6) is 17.2 Å². The van der Waals surface area contributed by atoms with Gasteiger partial charge in [0.1, 0.15) is 0 Å². The Kier molecular flexibility index (Phi) is 7.39. The Morgan fingerprint density at radius 3 is 2.29 bits per heavy atom. The average Bonchev–Trinajstić information content (AvgIpc) is 3.50. The monoisotopic (exact) mass is 499 g/mol. The van der Waals surface area contributed by atoms with Crippen molar-refractivity contribution in [1.82, 2.24) is 25.0 Å². The molecule has 0 spiro atoms. The third-order valence-corrected chi connectivity index (χ3v) is 6.04. The number of nitrogens with zero attached hydrogens (tertiary/aromatic N) is 5. The summed E-state index contributed by atoms with van der Waals surface area (Å²) in [5.41, 5.74) is 1.56. The first-order valence-corrected chi connectivity index (χ1v) is 11.5. The topological polar surface area (TPSA) is 97.3 Å². The Balaban J connectivity index is 1.55. The zero-order chi connectivity index (χ0) is 24.1. The normalized spacial score (nSPS) is 10.8. The van der Waals surface area contributed by atoms with Crippen molar-refractivity contribution >= 4 is 23.4 Å². The number of allylic oxidation sites excluding steroid dienone is 1. The van der Waals surface area contributed by atoms with Gasteiger partial charge in [-0.2, -0.15) is 0 Å². The maximum absolute atomic E-state index is 6.01. The SMILES string of the molecule is C=CCn1c(SCc2nnc(-c3cc(OC)c(OC)c(OC)c3)o2)nnc1-c1ccc(Cl)cc1. The lowest BCUT2D eigenvalue weighted by Crippen LogP contribution is -2.00. The Morgan fingerprint density at radius 1 is 0.971 bits per heavy atom. The zero-order valence-electron chi connectivity index (χ0n) is 18.8. The molecule has 0 aliphatic carbocycles. The molecule has 0 N–H and O–H groups in total. The minimum Gasteiger partial charge on any atom is -0.493 e. The average molecular weight is 500 g/mol. The molecule has 0 unspecified atom stereocenters. The minimum absolute atomic E-state index is 0.337. The fraction of sp³-hybridized carbons (Fsp3) is 0.217. The van der Waals surface area contributed by atoms with Crippen LogP contribution < -0.4 is 14.2 Å². The van der Waals surface area contributed by atoms with Crippen molar-refractivity contribution in [3.63, 3.8) is 0 Å². The van der Waals surface area contributed by atoms with Crippen molar-refractivity contribution < 1.29 is 18.6 Å². The molecule has 2 aromatic carbocycles. The van der Waals surface area contributed by atoms with Crippen molar-refractivity contribution in [2.24, 2.45) is 0 Å².